The molecule has 1 aromatic heterocycles. The van der Waals surface area contributed by atoms with Crippen molar-refractivity contribution in [2.24, 2.45) is 5.92 Å². The lowest BCUT2D eigenvalue weighted by Crippen LogP contribution is -2.32. The van der Waals surface area contributed by atoms with Gasteiger partial charge in [0.2, 0.25) is 0 Å². The van der Waals surface area contributed by atoms with Gasteiger partial charge in [0.05, 0.1) is 10.4 Å². The van der Waals surface area contributed by atoms with Gasteiger partial charge in [-0.15, -0.1) is 11.3 Å². The Labute approximate surface area is 105 Å². The molecule has 0 spiro atoms. The molecule has 0 radical (unpaired) electrons. The van der Waals surface area contributed by atoms with E-state index in [-0.39, 0.29) is 5.92 Å². The van der Waals surface area contributed by atoms with Crippen molar-refractivity contribution >= 4 is 22.9 Å². The number of thiophene rings is 1. The molecule has 0 unspecified atom stereocenters. The van der Waals surface area contributed by atoms with Gasteiger partial charge in [-0.25, -0.2) is 0 Å². The van der Waals surface area contributed by atoms with E-state index in [1.54, 1.807) is 11.3 Å². The van der Waals surface area contributed by atoms with Gasteiger partial charge in [0.1, 0.15) is 0 Å². The summed E-state index contributed by atoms with van der Waals surface area (Å²) in [5.41, 5.74) is 0. The summed E-state index contributed by atoms with van der Waals surface area (Å²) in [7, 11) is 0. The van der Waals surface area contributed by atoms with Crippen LogP contribution in [0.25, 0.3) is 0 Å². The first-order chi connectivity index (χ1) is 7.78. The topological polar surface area (TPSA) is 35.8 Å². The van der Waals surface area contributed by atoms with Gasteiger partial charge in [-0.1, -0.05) is 11.6 Å². The molecule has 1 fully saturated rings. The van der Waals surface area contributed by atoms with Crippen molar-refractivity contribution in [3.8, 4) is 6.07 Å². The molecule has 1 aliphatic rings. The van der Waals surface area contributed by atoms with Crippen LogP contribution in [0.4, 0.5) is 0 Å². The number of nitrogens with one attached hydrogen (secondary N) is 1. The summed E-state index contributed by atoms with van der Waals surface area (Å²) in [6.45, 7) is 0.902. The van der Waals surface area contributed by atoms with Crippen molar-refractivity contribution in [3.63, 3.8) is 0 Å². The standard InChI is InChI=1S/C12H15ClN2S/c13-12-6-5-11(16-12)8-15-10-3-1-9(7-14)2-4-10/h5-6,9-10,15H,1-4,8H2. The van der Waals surface area contributed by atoms with Gasteiger partial charge >= 0.3 is 0 Å². The summed E-state index contributed by atoms with van der Waals surface area (Å²) < 4.78 is 0.852. The van der Waals surface area contributed by atoms with E-state index in [0.717, 1.165) is 36.6 Å². The highest BCUT2D eigenvalue weighted by Crippen LogP contribution is 2.25. The van der Waals surface area contributed by atoms with Crippen LogP contribution in [-0.4, -0.2) is 6.04 Å². The van der Waals surface area contributed by atoms with Crippen molar-refractivity contribution in [1.82, 2.24) is 5.32 Å². The monoisotopic (exact) mass is 254 g/mol. The molecule has 1 aliphatic carbocycles. The number of nitrogens with zero attached hydrogens (tertiary/aromatic N) is 1. The Bertz CT molecular complexity index is 375. The fourth-order valence-electron chi connectivity index (χ4n) is 2.12. The van der Waals surface area contributed by atoms with Crippen LogP contribution < -0.4 is 5.32 Å². The first-order valence-electron chi connectivity index (χ1n) is 5.65. The third-order valence-corrected chi connectivity index (χ3v) is 4.33. The maximum Gasteiger partial charge on any atom is 0.0931 e. The fraction of sp³-hybridized carbons (Fsp3) is 0.583. The molecule has 0 amide bonds. The molecule has 0 atom stereocenters. The SMILES string of the molecule is N#CC1CCC(NCc2ccc(Cl)s2)CC1. The van der Waals surface area contributed by atoms with Crippen LogP contribution in [0.5, 0.6) is 0 Å². The van der Waals surface area contributed by atoms with Crippen molar-refractivity contribution in [3.05, 3.63) is 21.3 Å². The highest BCUT2D eigenvalue weighted by atomic mass is 35.5. The number of nitriles is 1. The van der Waals surface area contributed by atoms with Gasteiger partial charge in [-0.2, -0.15) is 5.26 Å². The lowest BCUT2D eigenvalue weighted by molar-refractivity contribution is 0.332. The summed E-state index contributed by atoms with van der Waals surface area (Å²) in [5.74, 6) is 0.286. The Morgan fingerprint density at radius 1 is 1.38 bits per heavy atom. The molecule has 1 N–H and O–H groups in total. The maximum absolute atomic E-state index is 8.80. The minimum absolute atomic E-state index is 0.286. The lowest BCUT2D eigenvalue weighted by atomic mass is 9.87. The second-order valence-corrected chi connectivity index (χ2v) is 6.06. The first kappa shape index (κ1) is 11.9. The van der Waals surface area contributed by atoms with E-state index in [4.69, 9.17) is 16.9 Å². The highest BCUT2D eigenvalue weighted by molar-refractivity contribution is 7.16. The molecule has 0 aromatic carbocycles. The zero-order valence-corrected chi connectivity index (χ0v) is 10.7. The van der Waals surface area contributed by atoms with Crippen LogP contribution in [-0.2, 0) is 6.54 Å². The Morgan fingerprint density at radius 3 is 2.69 bits per heavy atom. The normalized spacial score (nSPS) is 25.2. The van der Waals surface area contributed by atoms with Gasteiger partial charge in [0.25, 0.3) is 0 Å². The molecule has 0 aliphatic heterocycles. The Kier molecular flexibility index (Phi) is 4.22. The Hall–Kier alpha value is -0.560. The molecule has 86 valence electrons. The summed E-state index contributed by atoms with van der Waals surface area (Å²) in [6.07, 6.45) is 4.33. The quantitative estimate of drug-likeness (QED) is 0.895. The van der Waals surface area contributed by atoms with E-state index in [0.29, 0.717) is 6.04 Å². The van der Waals surface area contributed by atoms with Crippen LogP contribution in [0, 0.1) is 17.2 Å². The average Bonchev–Trinajstić information content (AvgIpc) is 2.73. The van der Waals surface area contributed by atoms with Crippen LogP contribution in [0.2, 0.25) is 4.34 Å². The zero-order chi connectivity index (χ0) is 11.4. The molecule has 2 rings (SSSR count). The molecular weight excluding hydrogens is 240 g/mol. The van der Waals surface area contributed by atoms with Crippen LogP contribution in [0.3, 0.4) is 0 Å². The van der Waals surface area contributed by atoms with Crippen LogP contribution in [0.1, 0.15) is 30.6 Å². The minimum atomic E-state index is 0.286. The first-order valence-corrected chi connectivity index (χ1v) is 6.84. The molecule has 1 heterocycles. The van der Waals surface area contributed by atoms with Crippen LogP contribution >= 0.6 is 22.9 Å². The molecule has 1 saturated carbocycles. The van der Waals surface area contributed by atoms with Crippen molar-refractivity contribution in [2.75, 3.05) is 0 Å². The summed E-state index contributed by atoms with van der Waals surface area (Å²) in [5, 5.41) is 12.3. The van der Waals surface area contributed by atoms with Gasteiger partial charge in [0.15, 0.2) is 0 Å². The second kappa shape index (κ2) is 5.67. The third kappa shape index (κ3) is 3.21. The molecular formula is C12H15ClN2S. The zero-order valence-electron chi connectivity index (χ0n) is 9.08. The number of halogens is 1. The average molecular weight is 255 g/mol. The predicted molar refractivity (Wildman–Crippen MR) is 67.5 cm³/mol. The van der Waals surface area contributed by atoms with Crippen molar-refractivity contribution < 1.29 is 0 Å². The van der Waals surface area contributed by atoms with E-state index in [1.807, 2.05) is 6.07 Å². The highest BCUT2D eigenvalue weighted by Gasteiger charge is 2.20. The van der Waals surface area contributed by atoms with E-state index in [9.17, 15) is 0 Å². The molecule has 2 nitrogen and oxygen atoms in total. The molecule has 16 heavy (non-hydrogen) atoms. The van der Waals surface area contributed by atoms with Gasteiger partial charge in [0, 0.05) is 23.4 Å². The van der Waals surface area contributed by atoms with Gasteiger partial charge in [-0.05, 0) is 37.8 Å². The third-order valence-electron chi connectivity index (χ3n) is 3.10. The van der Waals surface area contributed by atoms with Gasteiger partial charge in [-0.3, -0.25) is 0 Å². The number of hydrogen-bond acceptors (Lipinski definition) is 3. The number of rotatable bonds is 3. The molecule has 4 heteroatoms. The number of hydrogen-bond donors (Lipinski definition) is 1. The fourth-order valence-corrected chi connectivity index (χ4v) is 3.16. The summed E-state index contributed by atoms with van der Waals surface area (Å²) >= 11 is 7.51. The van der Waals surface area contributed by atoms with E-state index in [1.165, 1.54) is 4.88 Å². The second-order valence-electron chi connectivity index (χ2n) is 4.26. The summed E-state index contributed by atoms with van der Waals surface area (Å²) in [4.78, 5) is 1.28. The van der Waals surface area contributed by atoms with Crippen molar-refractivity contribution in [1.29, 1.82) is 5.26 Å². The van der Waals surface area contributed by atoms with E-state index >= 15 is 0 Å². The Balaban J connectivity index is 1.74. The maximum atomic E-state index is 8.80. The minimum Gasteiger partial charge on any atom is -0.309 e. The van der Waals surface area contributed by atoms with Crippen LogP contribution in [0.15, 0.2) is 12.1 Å². The molecule has 1 aromatic rings. The predicted octanol–water partition coefficient (Wildman–Crippen LogP) is 3.57. The van der Waals surface area contributed by atoms with Gasteiger partial charge < -0.3 is 5.32 Å². The lowest BCUT2D eigenvalue weighted by Gasteiger charge is -2.25. The summed E-state index contributed by atoms with van der Waals surface area (Å²) in [6, 6.07) is 6.94. The molecule has 0 bridgehead atoms. The molecule has 0 saturated heterocycles. The Morgan fingerprint density at radius 2 is 2.12 bits per heavy atom. The van der Waals surface area contributed by atoms with E-state index in [2.05, 4.69) is 17.5 Å². The van der Waals surface area contributed by atoms with Crippen molar-refractivity contribution in [2.45, 2.75) is 38.3 Å². The smallest absolute Gasteiger partial charge is 0.0931 e. The van der Waals surface area contributed by atoms with E-state index < -0.39 is 0 Å². The largest absolute Gasteiger partial charge is 0.309 e.